The van der Waals surface area contributed by atoms with Crippen LogP contribution in [0, 0.1) is 11.8 Å². The lowest BCUT2D eigenvalue weighted by molar-refractivity contribution is -0.137. The smallest absolute Gasteiger partial charge is 0.291 e. The zero-order valence-electron chi connectivity index (χ0n) is 13.6. The normalized spacial score (nSPS) is 27.6. The Balaban J connectivity index is 1.54. The Morgan fingerprint density at radius 3 is 2.87 bits per heavy atom. The summed E-state index contributed by atoms with van der Waals surface area (Å²) in [7, 11) is 1.85. The number of piperidine rings is 1. The molecule has 0 saturated carbocycles. The van der Waals surface area contributed by atoms with Crippen LogP contribution in [-0.2, 0) is 17.8 Å². The molecule has 124 valence electrons. The molecule has 7 nitrogen and oxygen atoms in total. The van der Waals surface area contributed by atoms with Crippen molar-refractivity contribution in [2.75, 3.05) is 26.7 Å². The lowest BCUT2D eigenvalue weighted by Gasteiger charge is -2.30. The predicted molar refractivity (Wildman–Crippen MR) is 82.7 cm³/mol. The van der Waals surface area contributed by atoms with Gasteiger partial charge in [-0.15, -0.1) is 10.2 Å². The Morgan fingerprint density at radius 2 is 2.00 bits per heavy atom. The molecule has 23 heavy (non-hydrogen) atoms. The van der Waals surface area contributed by atoms with Gasteiger partial charge in [-0.2, -0.15) is 0 Å². The number of fused-ring (bicyclic) bond motifs is 2. The number of rotatable bonds is 1. The Bertz CT molecular complexity index is 640. The SMILES string of the molecule is CN1CC[C@@H]2CN(C(=O)c3nnc4n3CCCCC4)C[C@@H]2C1=O. The molecule has 0 aromatic carbocycles. The van der Waals surface area contributed by atoms with Crippen molar-refractivity contribution >= 4 is 11.8 Å². The lowest BCUT2D eigenvalue weighted by Crippen LogP contribution is -2.42. The van der Waals surface area contributed by atoms with E-state index in [1.807, 2.05) is 16.5 Å². The van der Waals surface area contributed by atoms with Gasteiger partial charge in [-0.1, -0.05) is 6.42 Å². The minimum absolute atomic E-state index is 0.0378. The molecule has 2 fully saturated rings. The third-order valence-corrected chi connectivity index (χ3v) is 5.56. The van der Waals surface area contributed by atoms with Crippen LogP contribution in [0.2, 0.25) is 0 Å². The average molecular weight is 317 g/mol. The molecule has 3 aliphatic heterocycles. The van der Waals surface area contributed by atoms with Gasteiger partial charge in [0.25, 0.3) is 5.91 Å². The fourth-order valence-corrected chi connectivity index (χ4v) is 4.15. The molecular weight excluding hydrogens is 294 g/mol. The number of hydrogen-bond donors (Lipinski definition) is 0. The molecular formula is C16H23N5O2. The van der Waals surface area contributed by atoms with Gasteiger partial charge in [-0.25, -0.2) is 0 Å². The van der Waals surface area contributed by atoms with Gasteiger partial charge < -0.3 is 14.4 Å². The molecule has 2 amide bonds. The van der Waals surface area contributed by atoms with Crippen LogP contribution >= 0.6 is 0 Å². The molecule has 0 N–H and O–H groups in total. The second-order valence-electron chi connectivity index (χ2n) is 7.03. The number of aromatic nitrogens is 3. The second-order valence-corrected chi connectivity index (χ2v) is 7.03. The minimum Gasteiger partial charge on any atom is -0.345 e. The first-order valence-electron chi connectivity index (χ1n) is 8.61. The van der Waals surface area contributed by atoms with E-state index >= 15 is 0 Å². The summed E-state index contributed by atoms with van der Waals surface area (Å²) in [6.07, 6.45) is 5.23. The molecule has 0 aliphatic carbocycles. The molecule has 4 heterocycles. The Morgan fingerprint density at radius 1 is 1.13 bits per heavy atom. The number of hydrogen-bond acceptors (Lipinski definition) is 4. The average Bonchev–Trinajstić information content (AvgIpc) is 3.09. The predicted octanol–water partition coefficient (Wildman–Crippen LogP) is 0.555. The second kappa shape index (κ2) is 5.62. The van der Waals surface area contributed by atoms with Crippen molar-refractivity contribution in [1.82, 2.24) is 24.6 Å². The molecule has 1 aromatic rings. The summed E-state index contributed by atoms with van der Waals surface area (Å²) in [5.41, 5.74) is 0. The number of amides is 2. The van der Waals surface area contributed by atoms with Gasteiger partial charge >= 0.3 is 0 Å². The fraction of sp³-hybridized carbons (Fsp3) is 0.750. The van der Waals surface area contributed by atoms with Crippen molar-refractivity contribution in [2.24, 2.45) is 11.8 Å². The highest BCUT2D eigenvalue weighted by molar-refractivity contribution is 5.92. The molecule has 1 aromatic heterocycles. The maximum atomic E-state index is 12.9. The molecule has 0 bridgehead atoms. The van der Waals surface area contributed by atoms with Crippen LogP contribution in [0.15, 0.2) is 0 Å². The van der Waals surface area contributed by atoms with Gasteiger partial charge in [0.15, 0.2) is 0 Å². The van der Waals surface area contributed by atoms with E-state index < -0.39 is 0 Å². The number of carbonyl (C=O) groups is 2. The third kappa shape index (κ3) is 2.42. The highest BCUT2D eigenvalue weighted by Crippen LogP contribution is 2.32. The largest absolute Gasteiger partial charge is 0.345 e. The van der Waals surface area contributed by atoms with Crippen molar-refractivity contribution < 1.29 is 9.59 Å². The Kier molecular flexibility index (Phi) is 3.58. The number of aryl methyl sites for hydroxylation is 1. The van der Waals surface area contributed by atoms with E-state index in [4.69, 9.17) is 0 Å². The molecule has 2 atom stereocenters. The summed E-state index contributed by atoms with van der Waals surface area (Å²) in [5, 5.41) is 8.38. The van der Waals surface area contributed by atoms with Crippen LogP contribution in [0.4, 0.5) is 0 Å². The zero-order chi connectivity index (χ0) is 16.0. The van der Waals surface area contributed by atoms with Crippen molar-refractivity contribution in [1.29, 1.82) is 0 Å². The third-order valence-electron chi connectivity index (χ3n) is 5.56. The van der Waals surface area contributed by atoms with Crippen molar-refractivity contribution in [3.8, 4) is 0 Å². The van der Waals surface area contributed by atoms with E-state index in [0.717, 1.165) is 44.6 Å². The number of likely N-dealkylation sites (tertiary alicyclic amines) is 2. The molecule has 7 heteroatoms. The molecule has 0 spiro atoms. The molecule has 3 aliphatic rings. The maximum absolute atomic E-state index is 12.9. The molecule has 2 saturated heterocycles. The van der Waals surface area contributed by atoms with Gasteiger partial charge in [-0.3, -0.25) is 9.59 Å². The quantitative estimate of drug-likeness (QED) is 0.758. The maximum Gasteiger partial charge on any atom is 0.291 e. The standard InChI is InChI=1S/C16H23N5O2/c1-19-8-6-11-9-20(10-12(11)15(19)22)16(23)14-18-17-13-5-3-2-4-7-21(13)14/h11-12H,2-10H2,1H3/t11-,12+/m1/s1. The van der Waals surface area contributed by atoms with E-state index in [2.05, 4.69) is 10.2 Å². The summed E-state index contributed by atoms with van der Waals surface area (Å²) in [6, 6.07) is 0. The zero-order valence-corrected chi connectivity index (χ0v) is 13.6. The number of carbonyl (C=O) groups excluding carboxylic acids is 2. The van der Waals surface area contributed by atoms with Gasteiger partial charge in [0.2, 0.25) is 11.7 Å². The molecule has 0 radical (unpaired) electrons. The van der Waals surface area contributed by atoms with Gasteiger partial charge in [0.1, 0.15) is 5.82 Å². The van der Waals surface area contributed by atoms with Crippen LogP contribution in [0.25, 0.3) is 0 Å². The Labute approximate surface area is 135 Å². The van der Waals surface area contributed by atoms with E-state index in [0.29, 0.717) is 24.8 Å². The first-order chi connectivity index (χ1) is 11.1. The van der Waals surface area contributed by atoms with E-state index in [1.54, 1.807) is 4.90 Å². The number of nitrogens with zero attached hydrogens (tertiary/aromatic N) is 5. The highest BCUT2D eigenvalue weighted by atomic mass is 16.2. The molecule has 4 rings (SSSR count). The fourth-order valence-electron chi connectivity index (χ4n) is 4.15. The topological polar surface area (TPSA) is 71.3 Å². The van der Waals surface area contributed by atoms with E-state index in [-0.39, 0.29) is 17.7 Å². The summed E-state index contributed by atoms with van der Waals surface area (Å²) in [4.78, 5) is 28.8. The molecule has 0 unspecified atom stereocenters. The van der Waals surface area contributed by atoms with Crippen molar-refractivity contribution in [3.63, 3.8) is 0 Å². The summed E-state index contributed by atoms with van der Waals surface area (Å²) in [6.45, 7) is 2.81. The summed E-state index contributed by atoms with van der Waals surface area (Å²) in [5.74, 6) is 1.77. The summed E-state index contributed by atoms with van der Waals surface area (Å²) < 4.78 is 1.99. The first-order valence-corrected chi connectivity index (χ1v) is 8.61. The van der Waals surface area contributed by atoms with Gasteiger partial charge in [0.05, 0.1) is 5.92 Å². The Hall–Kier alpha value is -1.92. The van der Waals surface area contributed by atoms with E-state index in [9.17, 15) is 9.59 Å². The summed E-state index contributed by atoms with van der Waals surface area (Å²) >= 11 is 0. The van der Waals surface area contributed by atoms with Gasteiger partial charge in [0, 0.05) is 39.6 Å². The van der Waals surface area contributed by atoms with Crippen molar-refractivity contribution in [2.45, 2.75) is 38.6 Å². The lowest BCUT2D eigenvalue weighted by atomic mass is 9.88. The van der Waals surface area contributed by atoms with Crippen LogP contribution in [-0.4, -0.2) is 63.1 Å². The van der Waals surface area contributed by atoms with E-state index in [1.165, 1.54) is 6.42 Å². The highest BCUT2D eigenvalue weighted by Gasteiger charge is 2.44. The minimum atomic E-state index is -0.0597. The van der Waals surface area contributed by atoms with Gasteiger partial charge in [-0.05, 0) is 25.2 Å². The first kappa shape index (κ1) is 14.7. The van der Waals surface area contributed by atoms with Crippen LogP contribution in [0.5, 0.6) is 0 Å². The van der Waals surface area contributed by atoms with Crippen LogP contribution in [0.1, 0.15) is 42.1 Å². The van der Waals surface area contributed by atoms with Crippen LogP contribution < -0.4 is 0 Å². The monoisotopic (exact) mass is 317 g/mol. The van der Waals surface area contributed by atoms with Crippen LogP contribution in [0.3, 0.4) is 0 Å². The van der Waals surface area contributed by atoms with Crippen molar-refractivity contribution in [3.05, 3.63) is 11.6 Å².